The number of hydrogen-bond donors (Lipinski definition) is 1. The predicted molar refractivity (Wildman–Crippen MR) is 96.2 cm³/mol. The molecule has 144 valence electrons. The van der Waals surface area contributed by atoms with Crippen molar-refractivity contribution in [3.63, 3.8) is 0 Å². The highest BCUT2D eigenvalue weighted by Gasteiger charge is 2.12. The van der Waals surface area contributed by atoms with E-state index >= 15 is 0 Å². The fourth-order valence-corrected chi connectivity index (χ4v) is 2.78. The fraction of sp³-hybridized carbons (Fsp3) is 0.222. The Morgan fingerprint density at radius 3 is 2.48 bits per heavy atom. The first-order valence-electron chi connectivity index (χ1n) is 7.68. The van der Waals surface area contributed by atoms with Crippen molar-refractivity contribution in [1.29, 1.82) is 0 Å². The molecular formula is C18H17F2NO5S. The molecule has 2 rings (SSSR count). The van der Waals surface area contributed by atoms with Gasteiger partial charge in [0.25, 0.3) is 5.91 Å². The van der Waals surface area contributed by atoms with Gasteiger partial charge in [-0.3, -0.25) is 9.59 Å². The molecule has 0 atom stereocenters. The summed E-state index contributed by atoms with van der Waals surface area (Å²) >= 11 is 0.782. The summed E-state index contributed by atoms with van der Waals surface area (Å²) in [5.74, 6) is -1.86. The lowest BCUT2D eigenvalue weighted by molar-refractivity contribution is -0.144. The molecule has 2 aromatic carbocycles. The quantitative estimate of drug-likeness (QED) is 0.545. The first-order chi connectivity index (χ1) is 12.9. The van der Waals surface area contributed by atoms with Gasteiger partial charge in [-0.15, -0.1) is 11.8 Å². The zero-order chi connectivity index (χ0) is 19.8. The van der Waals surface area contributed by atoms with Crippen LogP contribution in [0.4, 0.5) is 14.5 Å². The van der Waals surface area contributed by atoms with Crippen molar-refractivity contribution in [2.24, 2.45) is 0 Å². The Labute approximate surface area is 158 Å². The number of carbonyl (C=O) groups is 2. The second kappa shape index (κ2) is 9.77. The number of carbonyl (C=O) groups excluding carboxylic acids is 2. The molecule has 0 spiro atoms. The van der Waals surface area contributed by atoms with E-state index in [1.165, 1.54) is 14.2 Å². The van der Waals surface area contributed by atoms with E-state index in [0.717, 1.165) is 30.0 Å². The Bertz CT molecular complexity index is 831. The van der Waals surface area contributed by atoms with Crippen molar-refractivity contribution >= 4 is 29.3 Å². The molecule has 0 aliphatic rings. The topological polar surface area (TPSA) is 73.9 Å². The number of thioether (sulfide) groups is 1. The van der Waals surface area contributed by atoms with E-state index in [1.807, 2.05) is 0 Å². The van der Waals surface area contributed by atoms with Crippen molar-refractivity contribution < 1.29 is 32.6 Å². The summed E-state index contributed by atoms with van der Waals surface area (Å²) in [5.41, 5.74) is 0.435. The minimum atomic E-state index is -0.730. The summed E-state index contributed by atoms with van der Waals surface area (Å²) < 4.78 is 41.6. The van der Waals surface area contributed by atoms with Crippen LogP contribution in [0.1, 0.15) is 0 Å². The van der Waals surface area contributed by atoms with Crippen LogP contribution in [0.15, 0.2) is 41.3 Å². The molecule has 6 nitrogen and oxygen atoms in total. The standard InChI is InChI=1S/C18H17F2NO5S/c1-24-14-6-4-12(8-15(14)25-2)21-17(22)9-26-18(23)10-27-16-7-11(19)3-5-13(16)20/h3-8H,9-10H2,1-2H3,(H,21,22). The van der Waals surface area contributed by atoms with E-state index in [-0.39, 0.29) is 10.6 Å². The normalized spacial score (nSPS) is 10.2. The number of methoxy groups -OCH3 is 2. The maximum Gasteiger partial charge on any atom is 0.316 e. The molecule has 1 N–H and O–H groups in total. The van der Waals surface area contributed by atoms with E-state index < -0.39 is 30.1 Å². The average Bonchev–Trinajstić information content (AvgIpc) is 2.66. The van der Waals surface area contributed by atoms with Crippen LogP contribution in [-0.2, 0) is 14.3 Å². The molecule has 0 fully saturated rings. The molecule has 0 radical (unpaired) electrons. The molecule has 1 amide bonds. The van der Waals surface area contributed by atoms with E-state index in [2.05, 4.69) is 5.32 Å². The lowest BCUT2D eigenvalue weighted by Gasteiger charge is -2.11. The van der Waals surface area contributed by atoms with Crippen LogP contribution < -0.4 is 14.8 Å². The molecule has 9 heteroatoms. The van der Waals surface area contributed by atoms with E-state index in [0.29, 0.717) is 17.2 Å². The zero-order valence-electron chi connectivity index (χ0n) is 14.6. The van der Waals surface area contributed by atoms with Gasteiger partial charge in [-0.1, -0.05) is 0 Å². The summed E-state index contributed by atoms with van der Waals surface area (Å²) in [6, 6.07) is 7.71. The van der Waals surface area contributed by atoms with Crippen LogP contribution in [0, 0.1) is 11.6 Å². The Morgan fingerprint density at radius 2 is 1.78 bits per heavy atom. The second-order valence-electron chi connectivity index (χ2n) is 5.14. The Balaban J connectivity index is 1.81. The maximum atomic E-state index is 13.5. The van der Waals surface area contributed by atoms with Gasteiger partial charge in [0.05, 0.1) is 20.0 Å². The van der Waals surface area contributed by atoms with Crippen molar-refractivity contribution in [2.75, 3.05) is 31.9 Å². The van der Waals surface area contributed by atoms with Gasteiger partial charge < -0.3 is 19.5 Å². The number of ether oxygens (including phenoxy) is 3. The minimum Gasteiger partial charge on any atom is -0.493 e. The van der Waals surface area contributed by atoms with Gasteiger partial charge in [-0.05, 0) is 30.3 Å². The number of halogens is 2. The number of hydrogen-bond acceptors (Lipinski definition) is 6. The van der Waals surface area contributed by atoms with Gasteiger partial charge in [0.1, 0.15) is 11.6 Å². The number of anilines is 1. The van der Waals surface area contributed by atoms with Gasteiger partial charge in [0, 0.05) is 16.6 Å². The minimum absolute atomic E-state index is 0.0123. The third-order valence-electron chi connectivity index (χ3n) is 3.27. The van der Waals surface area contributed by atoms with Crippen LogP contribution in [0.3, 0.4) is 0 Å². The van der Waals surface area contributed by atoms with E-state index in [4.69, 9.17) is 14.2 Å². The Hall–Kier alpha value is -2.81. The molecule has 0 aliphatic heterocycles. The van der Waals surface area contributed by atoms with Crippen LogP contribution >= 0.6 is 11.8 Å². The number of nitrogens with one attached hydrogen (secondary N) is 1. The number of rotatable bonds is 8. The predicted octanol–water partition coefficient (Wildman–Crippen LogP) is 3.26. The molecule has 0 unspecified atom stereocenters. The molecular weight excluding hydrogens is 380 g/mol. The number of amides is 1. The largest absolute Gasteiger partial charge is 0.493 e. The monoisotopic (exact) mass is 397 g/mol. The second-order valence-corrected chi connectivity index (χ2v) is 6.16. The number of benzene rings is 2. The Kier molecular flexibility index (Phi) is 7.42. The third kappa shape index (κ3) is 6.14. The highest BCUT2D eigenvalue weighted by atomic mass is 32.2. The van der Waals surface area contributed by atoms with E-state index in [9.17, 15) is 18.4 Å². The van der Waals surface area contributed by atoms with Crippen LogP contribution in [0.2, 0.25) is 0 Å². The third-order valence-corrected chi connectivity index (χ3v) is 4.27. The van der Waals surface area contributed by atoms with E-state index in [1.54, 1.807) is 18.2 Å². The van der Waals surface area contributed by atoms with Crippen LogP contribution in [0.5, 0.6) is 11.5 Å². The van der Waals surface area contributed by atoms with Crippen molar-refractivity contribution in [2.45, 2.75) is 4.90 Å². The first kappa shape index (κ1) is 20.5. The SMILES string of the molecule is COc1ccc(NC(=O)COC(=O)CSc2cc(F)ccc2F)cc1OC. The van der Waals surface area contributed by atoms with Crippen LogP contribution in [0.25, 0.3) is 0 Å². The van der Waals surface area contributed by atoms with Gasteiger partial charge in [-0.25, -0.2) is 8.78 Å². The summed E-state index contributed by atoms with van der Waals surface area (Å²) in [5, 5.41) is 2.55. The average molecular weight is 397 g/mol. The van der Waals surface area contributed by atoms with Crippen molar-refractivity contribution in [3.05, 3.63) is 48.0 Å². The summed E-state index contributed by atoms with van der Waals surface area (Å²) in [4.78, 5) is 23.5. The molecule has 27 heavy (non-hydrogen) atoms. The van der Waals surface area contributed by atoms with Gasteiger partial charge >= 0.3 is 5.97 Å². The lowest BCUT2D eigenvalue weighted by atomic mass is 10.2. The molecule has 0 aliphatic carbocycles. The van der Waals surface area contributed by atoms with Gasteiger partial charge in [0.15, 0.2) is 18.1 Å². The van der Waals surface area contributed by atoms with Gasteiger partial charge in [-0.2, -0.15) is 0 Å². The summed E-state index contributed by atoms with van der Waals surface area (Å²) in [6.07, 6.45) is 0. The molecule has 0 heterocycles. The lowest BCUT2D eigenvalue weighted by Crippen LogP contribution is -2.21. The summed E-state index contributed by atoms with van der Waals surface area (Å²) in [6.45, 7) is -0.515. The highest BCUT2D eigenvalue weighted by molar-refractivity contribution is 8.00. The zero-order valence-corrected chi connectivity index (χ0v) is 15.4. The maximum absolute atomic E-state index is 13.5. The number of esters is 1. The Morgan fingerprint density at radius 1 is 1.04 bits per heavy atom. The molecule has 0 bridgehead atoms. The van der Waals surface area contributed by atoms with Gasteiger partial charge in [0.2, 0.25) is 0 Å². The highest BCUT2D eigenvalue weighted by Crippen LogP contribution is 2.29. The fourth-order valence-electron chi connectivity index (χ4n) is 2.02. The first-order valence-corrected chi connectivity index (χ1v) is 8.67. The molecule has 2 aromatic rings. The van der Waals surface area contributed by atoms with Crippen molar-refractivity contribution in [1.82, 2.24) is 0 Å². The smallest absolute Gasteiger partial charge is 0.316 e. The summed E-state index contributed by atoms with van der Waals surface area (Å²) in [7, 11) is 2.95. The molecule has 0 saturated heterocycles. The van der Waals surface area contributed by atoms with Crippen LogP contribution in [-0.4, -0.2) is 38.5 Å². The molecule has 0 saturated carbocycles. The molecule has 0 aromatic heterocycles. The van der Waals surface area contributed by atoms with Crippen molar-refractivity contribution in [3.8, 4) is 11.5 Å².